The minimum Gasteiger partial charge on any atom is -0.502 e. The van der Waals surface area contributed by atoms with E-state index < -0.39 is 11.2 Å². The van der Waals surface area contributed by atoms with Crippen LogP contribution in [0.4, 0.5) is 0 Å². The Hall–Kier alpha value is -2.63. The number of hydrogen-bond donors (Lipinski definition) is 2. The summed E-state index contributed by atoms with van der Waals surface area (Å²) in [7, 11) is 2.76. The van der Waals surface area contributed by atoms with Crippen LogP contribution in [0.5, 0.6) is 23.0 Å². The van der Waals surface area contributed by atoms with Crippen molar-refractivity contribution in [3.05, 3.63) is 34.2 Å². The smallest absolute Gasteiger partial charge is 0.227 e. The lowest BCUT2D eigenvalue weighted by Crippen LogP contribution is -2.01. The maximum Gasteiger partial charge on any atom is 0.227 e. The predicted octanol–water partition coefficient (Wildman–Crippen LogP) is 3.85. The van der Waals surface area contributed by atoms with Gasteiger partial charge in [-0.2, -0.15) is 0 Å². The van der Waals surface area contributed by atoms with Crippen LogP contribution in [0.3, 0.4) is 0 Å². The van der Waals surface area contributed by atoms with Crippen molar-refractivity contribution in [3.63, 3.8) is 0 Å². The summed E-state index contributed by atoms with van der Waals surface area (Å²) in [4.78, 5) is 11.6. The highest BCUT2D eigenvalue weighted by molar-refractivity contribution is 5.70. The third-order valence-electron chi connectivity index (χ3n) is 3.29. The second kappa shape index (κ2) is 8.86. The van der Waals surface area contributed by atoms with Gasteiger partial charge in [0, 0.05) is 11.6 Å². The van der Waals surface area contributed by atoms with Crippen molar-refractivity contribution in [1.29, 1.82) is 0 Å². The Bertz CT molecular complexity index is 706. The third-order valence-corrected chi connectivity index (χ3v) is 3.29. The zero-order valence-corrected chi connectivity index (χ0v) is 14.7. The maximum absolute atomic E-state index is 11.6. The fourth-order valence-electron chi connectivity index (χ4n) is 1.82. The van der Waals surface area contributed by atoms with E-state index in [0.29, 0.717) is 11.3 Å². The van der Waals surface area contributed by atoms with Gasteiger partial charge in [-0.3, -0.25) is 4.79 Å². The van der Waals surface area contributed by atoms with Crippen molar-refractivity contribution in [2.75, 3.05) is 14.2 Å². The van der Waals surface area contributed by atoms with E-state index >= 15 is 0 Å². The lowest BCUT2D eigenvalue weighted by Gasteiger charge is -2.11. The van der Waals surface area contributed by atoms with E-state index in [2.05, 4.69) is 13.8 Å². The molecule has 2 aromatic rings. The molecule has 0 bridgehead atoms. The highest BCUT2D eigenvalue weighted by Crippen LogP contribution is 2.41. The highest BCUT2D eigenvalue weighted by Gasteiger charge is 2.17. The molecule has 0 spiro atoms. The summed E-state index contributed by atoms with van der Waals surface area (Å²) >= 11 is 0. The van der Waals surface area contributed by atoms with Crippen molar-refractivity contribution in [1.82, 2.24) is 0 Å². The van der Waals surface area contributed by atoms with E-state index in [9.17, 15) is 15.0 Å². The fourth-order valence-corrected chi connectivity index (χ4v) is 1.82. The molecule has 0 amide bonds. The third kappa shape index (κ3) is 4.44. The van der Waals surface area contributed by atoms with Crippen LogP contribution in [0.25, 0.3) is 11.3 Å². The van der Waals surface area contributed by atoms with Crippen LogP contribution in [-0.4, -0.2) is 24.4 Å². The molecule has 0 aliphatic rings. The van der Waals surface area contributed by atoms with Gasteiger partial charge in [-0.15, -0.1) is 0 Å². The second-order valence-corrected chi connectivity index (χ2v) is 5.13. The first kappa shape index (κ1) is 19.4. The average Bonchev–Trinajstić information content (AvgIpc) is 2.58. The Balaban J connectivity index is 0.000000648. The molecule has 2 N–H and O–H groups in total. The first-order valence-electron chi connectivity index (χ1n) is 7.68. The van der Waals surface area contributed by atoms with Crippen molar-refractivity contribution in [2.45, 2.75) is 33.6 Å². The largest absolute Gasteiger partial charge is 0.502 e. The molecule has 0 atom stereocenters. The molecule has 0 fully saturated rings. The Kier molecular flexibility index (Phi) is 7.17. The van der Waals surface area contributed by atoms with Gasteiger partial charge in [0.2, 0.25) is 16.9 Å². The number of methoxy groups -OCH3 is 2. The van der Waals surface area contributed by atoms with Crippen molar-refractivity contribution in [2.24, 2.45) is 0 Å². The van der Waals surface area contributed by atoms with Crippen LogP contribution in [0.15, 0.2) is 27.4 Å². The predicted molar refractivity (Wildman–Crippen MR) is 92.2 cm³/mol. The minimum atomic E-state index is -0.547. The Labute approximate surface area is 141 Å². The van der Waals surface area contributed by atoms with Crippen LogP contribution in [0, 0.1) is 6.92 Å². The number of benzene rings is 1. The summed E-state index contributed by atoms with van der Waals surface area (Å²) in [5, 5.41) is 19.7. The van der Waals surface area contributed by atoms with Crippen molar-refractivity contribution in [3.8, 4) is 34.3 Å². The van der Waals surface area contributed by atoms with Crippen LogP contribution < -0.4 is 14.9 Å². The standard InChI is InChI=1S/C14H14O6.C4H10/c1-7-4-9(15)12(16)14(20-7)8-5-10(18-2)13(17)11(6-8)19-3;1-3-4-2/h4-6,16-17H,1-3H3;3-4H2,1-2H3. The normalized spacial score (nSPS) is 9.88. The minimum absolute atomic E-state index is 0.00778. The number of aryl methyl sites for hydroxylation is 1. The number of ether oxygens (including phenoxy) is 2. The number of unbranched alkanes of at least 4 members (excludes halogenated alkanes) is 1. The number of phenols is 1. The first-order chi connectivity index (χ1) is 11.4. The van der Waals surface area contributed by atoms with E-state index in [1.54, 1.807) is 6.92 Å². The molecule has 1 aromatic heterocycles. The maximum atomic E-state index is 11.6. The molecule has 24 heavy (non-hydrogen) atoms. The molecule has 0 aliphatic carbocycles. The van der Waals surface area contributed by atoms with Gasteiger partial charge >= 0.3 is 0 Å². The summed E-state index contributed by atoms with van der Waals surface area (Å²) < 4.78 is 15.4. The highest BCUT2D eigenvalue weighted by atomic mass is 16.5. The van der Waals surface area contributed by atoms with Crippen molar-refractivity contribution >= 4 is 0 Å². The molecule has 2 rings (SSSR count). The molecular formula is C18H24O6. The average molecular weight is 336 g/mol. The van der Waals surface area contributed by atoms with E-state index in [-0.39, 0.29) is 23.0 Å². The molecule has 0 saturated carbocycles. The Morgan fingerprint density at radius 1 is 0.958 bits per heavy atom. The van der Waals surface area contributed by atoms with Gasteiger partial charge in [-0.25, -0.2) is 0 Å². The Morgan fingerprint density at radius 2 is 1.46 bits per heavy atom. The summed E-state index contributed by atoms with van der Waals surface area (Å²) in [5.41, 5.74) is -0.190. The fraction of sp³-hybridized carbons (Fsp3) is 0.389. The molecule has 6 nitrogen and oxygen atoms in total. The molecule has 0 radical (unpaired) electrons. The van der Waals surface area contributed by atoms with Crippen LogP contribution >= 0.6 is 0 Å². The lowest BCUT2D eigenvalue weighted by atomic mass is 10.1. The van der Waals surface area contributed by atoms with E-state index in [1.807, 2.05) is 0 Å². The van der Waals surface area contributed by atoms with Gasteiger partial charge in [0.1, 0.15) is 5.76 Å². The summed E-state index contributed by atoms with van der Waals surface area (Å²) in [6.07, 6.45) is 2.64. The summed E-state index contributed by atoms with van der Waals surface area (Å²) in [5.74, 6) is -0.0511. The molecule has 132 valence electrons. The van der Waals surface area contributed by atoms with Gasteiger partial charge in [-0.1, -0.05) is 26.7 Å². The first-order valence-corrected chi connectivity index (χ1v) is 7.68. The number of rotatable bonds is 4. The summed E-state index contributed by atoms with van der Waals surface area (Å²) in [6.45, 7) is 5.96. The van der Waals surface area contributed by atoms with E-state index in [1.165, 1.54) is 45.3 Å². The Morgan fingerprint density at radius 3 is 1.88 bits per heavy atom. The van der Waals surface area contributed by atoms with Crippen molar-refractivity contribution < 1.29 is 24.1 Å². The topological polar surface area (TPSA) is 89.1 Å². The zero-order valence-electron chi connectivity index (χ0n) is 14.7. The molecule has 1 heterocycles. The summed E-state index contributed by atoms with van der Waals surface area (Å²) in [6, 6.07) is 4.07. The monoisotopic (exact) mass is 336 g/mol. The van der Waals surface area contributed by atoms with Crippen LogP contribution in [0.1, 0.15) is 32.4 Å². The molecule has 0 unspecified atom stereocenters. The van der Waals surface area contributed by atoms with Crippen LogP contribution in [0.2, 0.25) is 0 Å². The molecule has 0 saturated heterocycles. The SMILES string of the molecule is CCCC.COc1cc(-c2oc(C)cc(=O)c2O)cc(OC)c1O. The number of hydrogen-bond acceptors (Lipinski definition) is 6. The van der Waals surface area contributed by atoms with Gasteiger partial charge < -0.3 is 24.1 Å². The van der Waals surface area contributed by atoms with Gasteiger partial charge in [0.25, 0.3) is 0 Å². The van der Waals surface area contributed by atoms with Gasteiger partial charge in [0.15, 0.2) is 17.3 Å². The molecule has 1 aromatic carbocycles. The molecule has 6 heteroatoms. The molecule has 0 aliphatic heterocycles. The number of aromatic hydroxyl groups is 2. The van der Waals surface area contributed by atoms with Gasteiger partial charge in [-0.05, 0) is 19.1 Å². The quantitative estimate of drug-likeness (QED) is 0.881. The van der Waals surface area contributed by atoms with E-state index in [0.717, 1.165) is 0 Å². The van der Waals surface area contributed by atoms with E-state index in [4.69, 9.17) is 13.9 Å². The molecular weight excluding hydrogens is 312 g/mol. The zero-order chi connectivity index (χ0) is 18.3. The second-order valence-electron chi connectivity index (χ2n) is 5.13. The van der Waals surface area contributed by atoms with Crippen LogP contribution in [-0.2, 0) is 0 Å². The van der Waals surface area contributed by atoms with Gasteiger partial charge in [0.05, 0.1) is 14.2 Å². The lowest BCUT2D eigenvalue weighted by molar-refractivity contribution is 0.340. The number of phenolic OH excluding ortho intramolecular Hbond substituents is 1.